The minimum atomic E-state index is -3.42. The van der Waals surface area contributed by atoms with Crippen molar-refractivity contribution in [3.05, 3.63) is 35.4 Å². The monoisotopic (exact) mass is 262 g/mol. The van der Waals surface area contributed by atoms with Crippen molar-refractivity contribution < 1.29 is 8.42 Å². The summed E-state index contributed by atoms with van der Waals surface area (Å²) >= 11 is 0. The third-order valence-corrected chi connectivity index (χ3v) is 3.57. The lowest BCUT2D eigenvalue weighted by Gasteiger charge is -2.06. The lowest BCUT2D eigenvalue weighted by atomic mass is 10.1. The van der Waals surface area contributed by atoms with Crippen LogP contribution in [0.15, 0.2) is 24.3 Å². The quantitative estimate of drug-likeness (QED) is 0.644. The van der Waals surface area contributed by atoms with Crippen LogP contribution in [0.1, 0.15) is 24.5 Å². The Morgan fingerprint density at radius 2 is 2.06 bits per heavy atom. The van der Waals surface area contributed by atoms with Crippen molar-refractivity contribution in [1.82, 2.24) is 4.72 Å². The van der Waals surface area contributed by atoms with E-state index in [0.717, 1.165) is 0 Å². The molecule has 0 aromatic heterocycles. The number of nitrogens with one attached hydrogen (secondary N) is 1. The van der Waals surface area contributed by atoms with Gasteiger partial charge in [-0.1, -0.05) is 18.2 Å². The second-order valence-electron chi connectivity index (χ2n) is 3.60. The highest BCUT2D eigenvalue weighted by molar-refractivity contribution is 7.88. The maximum Gasteiger partial charge on any atom is 0.215 e. The summed E-state index contributed by atoms with van der Waals surface area (Å²) in [5.41, 5.74) is 0.894. The van der Waals surface area contributed by atoms with Crippen molar-refractivity contribution in [2.24, 2.45) is 0 Å². The van der Waals surface area contributed by atoms with E-state index >= 15 is 0 Å². The third kappa shape index (κ3) is 4.58. The van der Waals surface area contributed by atoms with Crippen molar-refractivity contribution in [2.45, 2.75) is 19.1 Å². The second-order valence-corrected chi connectivity index (χ2v) is 5.41. The predicted molar refractivity (Wildman–Crippen MR) is 69.9 cm³/mol. The Morgan fingerprint density at radius 3 is 2.72 bits per heavy atom. The van der Waals surface area contributed by atoms with E-state index in [-0.39, 0.29) is 12.3 Å². The molecule has 0 saturated carbocycles. The fourth-order valence-electron chi connectivity index (χ4n) is 1.41. The lowest BCUT2D eigenvalue weighted by Crippen LogP contribution is -2.26. The zero-order valence-electron chi connectivity index (χ0n) is 10.1. The minimum absolute atomic E-state index is 0.184. The molecular weight excluding hydrogens is 248 g/mol. The van der Waals surface area contributed by atoms with Gasteiger partial charge in [0.15, 0.2) is 0 Å². The van der Waals surface area contributed by atoms with E-state index < -0.39 is 10.0 Å². The highest BCUT2D eigenvalue weighted by Crippen LogP contribution is 2.10. The lowest BCUT2D eigenvalue weighted by molar-refractivity contribution is 0.581. The number of rotatable bonds is 5. The van der Waals surface area contributed by atoms with Crippen LogP contribution in [0.2, 0.25) is 0 Å². The molecule has 1 rings (SSSR count). The SMILES string of the molecule is CC#CCCNS(=O)(=O)Cc1ccccc1C#N. The molecule has 0 aliphatic carbocycles. The summed E-state index contributed by atoms with van der Waals surface area (Å²) in [6, 6.07) is 8.65. The smallest absolute Gasteiger partial charge is 0.214 e. The zero-order chi connectivity index (χ0) is 13.4. The number of hydrogen-bond acceptors (Lipinski definition) is 3. The maximum atomic E-state index is 11.8. The molecule has 0 atom stereocenters. The van der Waals surface area contributed by atoms with Gasteiger partial charge in [0.05, 0.1) is 17.4 Å². The van der Waals surface area contributed by atoms with Crippen LogP contribution in [0.5, 0.6) is 0 Å². The highest BCUT2D eigenvalue weighted by Gasteiger charge is 2.13. The summed E-state index contributed by atoms with van der Waals surface area (Å²) in [6.45, 7) is 2.00. The normalized spacial score (nSPS) is 10.2. The molecule has 1 N–H and O–H groups in total. The first kappa shape index (κ1) is 14.2. The van der Waals surface area contributed by atoms with E-state index in [1.165, 1.54) is 0 Å². The molecule has 0 fully saturated rings. The Kier molecular flexibility index (Phi) is 5.38. The van der Waals surface area contributed by atoms with E-state index in [0.29, 0.717) is 17.5 Å². The molecule has 18 heavy (non-hydrogen) atoms. The molecule has 0 unspecified atom stereocenters. The first-order valence-electron chi connectivity index (χ1n) is 5.44. The summed E-state index contributed by atoms with van der Waals surface area (Å²) in [6.07, 6.45) is 0.482. The maximum absolute atomic E-state index is 11.8. The van der Waals surface area contributed by atoms with Gasteiger partial charge >= 0.3 is 0 Å². The third-order valence-electron chi connectivity index (χ3n) is 2.23. The number of sulfonamides is 1. The van der Waals surface area contributed by atoms with Crippen LogP contribution in [0.25, 0.3) is 0 Å². The van der Waals surface area contributed by atoms with Gasteiger partial charge in [-0.15, -0.1) is 11.8 Å². The molecule has 0 bridgehead atoms. The van der Waals surface area contributed by atoms with Crippen LogP contribution < -0.4 is 4.72 Å². The Hall–Kier alpha value is -1.82. The van der Waals surface area contributed by atoms with Crippen molar-refractivity contribution in [2.75, 3.05) is 6.54 Å². The Bertz CT molecular complexity index is 604. The summed E-state index contributed by atoms with van der Waals surface area (Å²) in [7, 11) is -3.42. The molecule has 94 valence electrons. The van der Waals surface area contributed by atoms with Gasteiger partial charge in [0.25, 0.3) is 0 Å². The summed E-state index contributed by atoms with van der Waals surface area (Å²) in [5.74, 6) is 5.29. The number of nitriles is 1. The van der Waals surface area contributed by atoms with E-state index in [9.17, 15) is 8.42 Å². The predicted octanol–water partition coefficient (Wildman–Crippen LogP) is 1.39. The van der Waals surface area contributed by atoms with Gasteiger partial charge < -0.3 is 0 Å². The van der Waals surface area contributed by atoms with E-state index in [2.05, 4.69) is 16.6 Å². The molecule has 1 aromatic rings. The van der Waals surface area contributed by atoms with Gasteiger partial charge in [0, 0.05) is 13.0 Å². The highest BCUT2D eigenvalue weighted by atomic mass is 32.2. The molecule has 0 aliphatic heterocycles. The minimum Gasteiger partial charge on any atom is -0.214 e. The van der Waals surface area contributed by atoms with Crippen molar-refractivity contribution >= 4 is 10.0 Å². The number of nitrogens with zero attached hydrogens (tertiary/aromatic N) is 1. The molecule has 0 heterocycles. The van der Waals surface area contributed by atoms with Gasteiger partial charge in [-0.3, -0.25) is 0 Å². The van der Waals surface area contributed by atoms with Crippen LogP contribution >= 0.6 is 0 Å². The molecule has 0 spiro atoms. The zero-order valence-corrected chi connectivity index (χ0v) is 10.9. The average molecular weight is 262 g/mol. The van der Waals surface area contributed by atoms with Crippen molar-refractivity contribution in [3.63, 3.8) is 0 Å². The summed E-state index contributed by atoms with van der Waals surface area (Å²) < 4.78 is 26.0. The first-order chi connectivity index (χ1) is 8.59. The van der Waals surface area contributed by atoms with Gasteiger partial charge in [-0.05, 0) is 18.6 Å². The van der Waals surface area contributed by atoms with Crippen LogP contribution in [0.4, 0.5) is 0 Å². The van der Waals surface area contributed by atoms with Crippen LogP contribution in [0, 0.1) is 23.2 Å². The Balaban J connectivity index is 2.70. The molecule has 0 saturated heterocycles. The standard InChI is InChI=1S/C13H14N2O2S/c1-2-3-6-9-15-18(16,17)11-13-8-5-4-7-12(13)10-14/h4-5,7-8,15H,6,9,11H2,1H3. The largest absolute Gasteiger partial charge is 0.215 e. The van der Waals surface area contributed by atoms with E-state index in [4.69, 9.17) is 5.26 Å². The van der Waals surface area contributed by atoms with Crippen molar-refractivity contribution in [1.29, 1.82) is 5.26 Å². The molecule has 0 amide bonds. The number of benzene rings is 1. The molecule has 0 radical (unpaired) electrons. The van der Waals surface area contributed by atoms with Gasteiger partial charge in [0.1, 0.15) is 0 Å². The fourth-order valence-corrected chi connectivity index (χ4v) is 2.58. The Morgan fingerprint density at radius 1 is 1.33 bits per heavy atom. The summed E-state index contributed by atoms with van der Waals surface area (Å²) in [5, 5.41) is 8.88. The summed E-state index contributed by atoms with van der Waals surface area (Å²) in [4.78, 5) is 0. The molecule has 1 aromatic carbocycles. The van der Waals surface area contributed by atoms with Crippen LogP contribution in [-0.4, -0.2) is 15.0 Å². The van der Waals surface area contributed by atoms with Gasteiger partial charge in [0.2, 0.25) is 10.0 Å². The number of hydrogen-bond donors (Lipinski definition) is 1. The molecule has 4 nitrogen and oxygen atoms in total. The molecule has 0 aliphatic rings. The second kappa shape index (κ2) is 6.80. The van der Waals surface area contributed by atoms with Crippen molar-refractivity contribution in [3.8, 4) is 17.9 Å². The van der Waals surface area contributed by atoms with E-state index in [1.54, 1.807) is 31.2 Å². The van der Waals surface area contributed by atoms with Gasteiger partial charge in [-0.2, -0.15) is 5.26 Å². The Labute approximate surface area is 108 Å². The van der Waals surface area contributed by atoms with Crippen LogP contribution in [-0.2, 0) is 15.8 Å². The van der Waals surface area contributed by atoms with Gasteiger partial charge in [-0.25, -0.2) is 13.1 Å². The fraction of sp³-hybridized carbons (Fsp3) is 0.308. The van der Waals surface area contributed by atoms with E-state index in [1.807, 2.05) is 6.07 Å². The molecular formula is C13H14N2O2S. The first-order valence-corrected chi connectivity index (χ1v) is 7.09. The average Bonchev–Trinajstić information content (AvgIpc) is 2.35. The molecule has 5 heteroatoms. The van der Waals surface area contributed by atoms with Crippen LogP contribution in [0.3, 0.4) is 0 Å². The topological polar surface area (TPSA) is 70.0 Å².